The summed E-state index contributed by atoms with van der Waals surface area (Å²) in [6, 6.07) is 4.20. The van der Waals surface area contributed by atoms with Gasteiger partial charge in [0, 0.05) is 31.6 Å². The molecule has 0 spiro atoms. The molecule has 0 radical (unpaired) electrons. The highest BCUT2D eigenvalue weighted by molar-refractivity contribution is 5.17. The number of hydrazine groups is 1. The van der Waals surface area contributed by atoms with Crippen LogP contribution in [0.4, 0.5) is 0 Å². The number of nitrogens with one attached hydrogen (secondary N) is 1. The normalized spacial score (nSPS) is 14.8. The van der Waals surface area contributed by atoms with Crippen molar-refractivity contribution in [1.82, 2.24) is 10.4 Å². The molecular formula is C12H21N3O. The molecule has 0 aromatic carbocycles. The van der Waals surface area contributed by atoms with Crippen LogP contribution in [0.5, 0.6) is 0 Å². The minimum Gasteiger partial charge on any atom is -0.384 e. The SMILES string of the molecule is COCC(C)CC(NN)c1ccc(C)nc1. The van der Waals surface area contributed by atoms with E-state index in [1.165, 1.54) is 0 Å². The van der Waals surface area contributed by atoms with Gasteiger partial charge in [-0.15, -0.1) is 0 Å². The molecule has 1 aromatic heterocycles. The van der Waals surface area contributed by atoms with Gasteiger partial charge in [-0.3, -0.25) is 16.3 Å². The van der Waals surface area contributed by atoms with E-state index in [-0.39, 0.29) is 6.04 Å². The van der Waals surface area contributed by atoms with Gasteiger partial charge in [0.2, 0.25) is 0 Å². The van der Waals surface area contributed by atoms with Gasteiger partial charge >= 0.3 is 0 Å². The summed E-state index contributed by atoms with van der Waals surface area (Å²) in [6.45, 7) is 4.87. The van der Waals surface area contributed by atoms with Crippen LogP contribution in [-0.4, -0.2) is 18.7 Å². The van der Waals surface area contributed by atoms with Crippen molar-refractivity contribution in [3.63, 3.8) is 0 Å². The fourth-order valence-corrected chi connectivity index (χ4v) is 1.74. The molecule has 0 fully saturated rings. The maximum absolute atomic E-state index is 5.57. The summed E-state index contributed by atoms with van der Waals surface area (Å²) in [5.41, 5.74) is 4.97. The van der Waals surface area contributed by atoms with Gasteiger partial charge in [-0.1, -0.05) is 13.0 Å². The van der Waals surface area contributed by atoms with Gasteiger partial charge in [-0.2, -0.15) is 0 Å². The number of rotatable bonds is 6. The van der Waals surface area contributed by atoms with Crippen molar-refractivity contribution >= 4 is 0 Å². The predicted octanol–water partition coefficient (Wildman–Crippen LogP) is 1.57. The highest BCUT2D eigenvalue weighted by Gasteiger charge is 2.14. The van der Waals surface area contributed by atoms with E-state index in [1.807, 2.05) is 19.2 Å². The summed E-state index contributed by atoms with van der Waals surface area (Å²) in [5.74, 6) is 6.03. The van der Waals surface area contributed by atoms with Gasteiger partial charge in [-0.05, 0) is 30.9 Å². The Morgan fingerprint density at radius 2 is 2.25 bits per heavy atom. The molecule has 0 aliphatic carbocycles. The van der Waals surface area contributed by atoms with E-state index >= 15 is 0 Å². The molecule has 1 aromatic rings. The lowest BCUT2D eigenvalue weighted by Gasteiger charge is -2.20. The van der Waals surface area contributed by atoms with Crippen LogP contribution in [-0.2, 0) is 4.74 Å². The highest BCUT2D eigenvalue weighted by atomic mass is 16.5. The molecule has 0 saturated heterocycles. The molecular weight excluding hydrogens is 202 g/mol. The first-order valence-corrected chi connectivity index (χ1v) is 5.55. The third-order valence-corrected chi connectivity index (χ3v) is 2.63. The molecule has 1 rings (SSSR count). The molecule has 1 heterocycles. The number of aromatic nitrogens is 1. The first-order chi connectivity index (χ1) is 7.67. The van der Waals surface area contributed by atoms with Crippen LogP contribution >= 0.6 is 0 Å². The van der Waals surface area contributed by atoms with Crippen LogP contribution in [0.1, 0.15) is 30.6 Å². The third-order valence-electron chi connectivity index (χ3n) is 2.63. The molecule has 3 N–H and O–H groups in total. The van der Waals surface area contributed by atoms with Crippen molar-refractivity contribution in [2.45, 2.75) is 26.3 Å². The number of nitrogens with two attached hydrogens (primary N) is 1. The number of hydrogen-bond acceptors (Lipinski definition) is 4. The average molecular weight is 223 g/mol. The second-order valence-electron chi connectivity index (χ2n) is 4.25. The molecule has 0 aliphatic heterocycles. The lowest BCUT2D eigenvalue weighted by molar-refractivity contribution is 0.149. The standard InChI is InChI=1S/C12H21N3O/c1-9(8-16-3)6-12(15-13)11-5-4-10(2)14-7-11/h4-5,7,9,12,15H,6,8,13H2,1-3H3. The Balaban J connectivity index is 2.63. The molecule has 90 valence electrons. The summed E-state index contributed by atoms with van der Waals surface area (Å²) in [4.78, 5) is 4.27. The van der Waals surface area contributed by atoms with Crippen LogP contribution in [0.3, 0.4) is 0 Å². The number of methoxy groups -OCH3 is 1. The number of aryl methyl sites for hydroxylation is 1. The molecule has 16 heavy (non-hydrogen) atoms. The second kappa shape index (κ2) is 6.58. The van der Waals surface area contributed by atoms with Crippen LogP contribution in [0.25, 0.3) is 0 Å². The van der Waals surface area contributed by atoms with Gasteiger partial charge in [0.15, 0.2) is 0 Å². The first kappa shape index (κ1) is 13.1. The number of hydrogen-bond donors (Lipinski definition) is 2. The Hall–Kier alpha value is -0.970. The van der Waals surface area contributed by atoms with Crippen molar-refractivity contribution in [3.05, 3.63) is 29.6 Å². The maximum Gasteiger partial charge on any atom is 0.0488 e. The van der Waals surface area contributed by atoms with Crippen LogP contribution in [0.2, 0.25) is 0 Å². The summed E-state index contributed by atoms with van der Waals surface area (Å²) < 4.78 is 5.12. The van der Waals surface area contributed by atoms with Crippen molar-refractivity contribution in [1.29, 1.82) is 0 Å². The lowest BCUT2D eigenvalue weighted by Crippen LogP contribution is -2.30. The smallest absolute Gasteiger partial charge is 0.0488 e. The van der Waals surface area contributed by atoms with Gasteiger partial charge in [0.25, 0.3) is 0 Å². The zero-order valence-electron chi connectivity index (χ0n) is 10.2. The van der Waals surface area contributed by atoms with Crippen molar-refractivity contribution in [2.75, 3.05) is 13.7 Å². The Bertz CT molecular complexity index is 300. The Labute approximate surface area is 97.2 Å². The molecule has 4 nitrogen and oxygen atoms in total. The predicted molar refractivity (Wildman–Crippen MR) is 64.7 cm³/mol. The van der Waals surface area contributed by atoms with Crippen molar-refractivity contribution < 1.29 is 4.74 Å². The molecule has 0 aliphatic rings. The highest BCUT2D eigenvalue weighted by Crippen LogP contribution is 2.20. The molecule has 0 amide bonds. The monoisotopic (exact) mass is 223 g/mol. The minimum absolute atomic E-state index is 0.137. The van der Waals surface area contributed by atoms with Gasteiger partial charge in [0.1, 0.15) is 0 Å². The van der Waals surface area contributed by atoms with E-state index in [1.54, 1.807) is 7.11 Å². The Kier molecular flexibility index (Phi) is 5.38. The van der Waals surface area contributed by atoms with Crippen LogP contribution < -0.4 is 11.3 Å². The second-order valence-corrected chi connectivity index (χ2v) is 4.25. The summed E-state index contributed by atoms with van der Waals surface area (Å²) >= 11 is 0. The van der Waals surface area contributed by atoms with Crippen molar-refractivity contribution in [3.8, 4) is 0 Å². The van der Waals surface area contributed by atoms with E-state index in [2.05, 4.69) is 23.4 Å². The average Bonchev–Trinajstić information content (AvgIpc) is 2.27. The van der Waals surface area contributed by atoms with E-state index < -0.39 is 0 Å². The number of pyridine rings is 1. The summed E-state index contributed by atoms with van der Waals surface area (Å²) in [7, 11) is 1.72. The van der Waals surface area contributed by atoms with Gasteiger partial charge < -0.3 is 4.74 Å². The first-order valence-electron chi connectivity index (χ1n) is 5.55. The van der Waals surface area contributed by atoms with Crippen LogP contribution in [0.15, 0.2) is 18.3 Å². The van der Waals surface area contributed by atoms with Gasteiger partial charge in [0.05, 0.1) is 0 Å². The fourth-order valence-electron chi connectivity index (χ4n) is 1.74. The van der Waals surface area contributed by atoms with Crippen LogP contribution in [0, 0.1) is 12.8 Å². The summed E-state index contributed by atoms with van der Waals surface area (Å²) in [6.07, 6.45) is 2.81. The number of nitrogens with zero attached hydrogens (tertiary/aromatic N) is 1. The Morgan fingerprint density at radius 3 is 2.75 bits per heavy atom. The third kappa shape index (κ3) is 3.89. The molecule has 4 heteroatoms. The molecule has 0 saturated carbocycles. The molecule has 2 unspecified atom stereocenters. The maximum atomic E-state index is 5.57. The largest absolute Gasteiger partial charge is 0.384 e. The Morgan fingerprint density at radius 1 is 1.50 bits per heavy atom. The minimum atomic E-state index is 0.137. The van der Waals surface area contributed by atoms with E-state index in [9.17, 15) is 0 Å². The van der Waals surface area contributed by atoms with E-state index in [4.69, 9.17) is 10.6 Å². The molecule has 0 bridgehead atoms. The number of ether oxygens (including phenoxy) is 1. The quantitative estimate of drug-likeness (QED) is 0.567. The lowest BCUT2D eigenvalue weighted by atomic mass is 9.98. The summed E-state index contributed by atoms with van der Waals surface area (Å²) in [5, 5.41) is 0. The van der Waals surface area contributed by atoms with E-state index in [0.717, 1.165) is 24.3 Å². The van der Waals surface area contributed by atoms with E-state index in [0.29, 0.717) is 5.92 Å². The zero-order chi connectivity index (χ0) is 12.0. The fraction of sp³-hybridized carbons (Fsp3) is 0.583. The topological polar surface area (TPSA) is 60.2 Å². The molecule has 2 atom stereocenters. The van der Waals surface area contributed by atoms with Gasteiger partial charge in [-0.25, -0.2) is 0 Å². The zero-order valence-corrected chi connectivity index (χ0v) is 10.2. The van der Waals surface area contributed by atoms with Crippen molar-refractivity contribution in [2.24, 2.45) is 11.8 Å².